The van der Waals surface area contributed by atoms with Crippen molar-refractivity contribution in [3.05, 3.63) is 68.4 Å². The van der Waals surface area contributed by atoms with Gasteiger partial charge in [-0.15, -0.1) is 0 Å². The standard InChI is InChI=1S/C15H14Cl2FN/c1-8-3-9(2)14(13(18)4-8)15(19)10-5-11(16)7-12(17)6-10/h3-7,15H,19H2,1-2H3. The van der Waals surface area contributed by atoms with E-state index in [1.54, 1.807) is 18.2 Å². The van der Waals surface area contributed by atoms with Crippen LogP contribution in [-0.2, 0) is 0 Å². The Kier molecular flexibility index (Phi) is 4.14. The van der Waals surface area contributed by atoms with E-state index in [1.807, 2.05) is 19.9 Å². The number of hydrogen-bond donors (Lipinski definition) is 1. The summed E-state index contributed by atoms with van der Waals surface area (Å²) < 4.78 is 14.1. The van der Waals surface area contributed by atoms with Crippen molar-refractivity contribution in [2.45, 2.75) is 19.9 Å². The Morgan fingerprint density at radius 3 is 2.11 bits per heavy atom. The summed E-state index contributed by atoms with van der Waals surface area (Å²) in [4.78, 5) is 0. The third-order valence-electron chi connectivity index (χ3n) is 3.04. The van der Waals surface area contributed by atoms with Gasteiger partial charge in [0.05, 0.1) is 6.04 Å². The topological polar surface area (TPSA) is 26.0 Å². The van der Waals surface area contributed by atoms with E-state index in [0.717, 1.165) is 11.1 Å². The van der Waals surface area contributed by atoms with Gasteiger partial charge in [-0.25, -0.2) is 4.39 Å². The number of aryl methyl sites for hydroxylation is 2. The highest BCUT2D eigenvalue weighted by atomic mass is 35.5. The Bertz CT molecular complexity index is 582. The Morgan fingerprint density at radius 1 is 1.00 bits per heavy atom. The monoisotopic (exact) mass is 297 g/mol. The van der Waals surface area contributed by atoms with Crippen molar-refractivity contribution < 1.29 is 4.39 Å². The quantitative estimate of drug-likeness (QED) is 0.847. The highest BCUT2D eigenvalue weighted by Crippen LogP contribution is 2.30. The molecule has 0 spiro atoms. The van der Waals surface area contributed by atoms with Gasteiger partial charge < -0.3 is 5.73 Å². The minimum absolute atomic E-state index is 0.305. The highest BCUT2D eigenvalue weighted by molar-refractivity contribution is 6.34. The molecule has 0 aliphatic carbocycles. The third-order valence-corrected chi connectivity index (χ3v) is 3.47. The van der Waals surface area contributed by atoms with E-state index in [4.69, 9.17) is 28.9 Å². The summed E-state index contributed by atoms with van der Waals surface area (Å²) >= 11 is 11.9. The van der Waals surface area contributed by atoms with Crippen molar-refractivity contribution in [3.63, 3.8) is 0 Å². The van der Waals surface area contributed by atoms with E-state index in [0.29, 0.717) is 21.2 Å². The lowest BCUT2D eigenvalue weighted by atomic mass is 9.94. The molecular weight excluding hydrogens is 284 g/mol. The maximum Gasteiger partial charge on any atom is 0.128 e. The molecule has 0 fully saturated rings. The molecule has 19 heavy (non-hydrogen) atoms. The molecule has 1 unspecified atom stereocenters. The second-order valence-corrected chi connectivity index (χ2v) is 5.53. The van der Waals surface area contributed by atoms with Crippen LogP contribution in [-0.4, -0.2) is 0 Å². The van der Waals surface area contributed by atoms with Crippen LogP contribution in [0.15, 0.2) is 30.3 Å². The van der Waals surface area contributed by atoms with Crippen LogP contribution >= 0.6 is 23.2 Å². The lowest BCUT2D eigenvalue weighted by Crippen LogP contribution is -2.15. The summed E-state index contributed by atoms with van der Waals surface area (Å²) in [6.45, 7) is 3.69. The Hall–Kier alpha value is -1.09. The molecule has 2 rings (SSSR count). The second kappa shape index (κ2) is 5.49. The first-order chi connectivity index (χ1) is 8.88. The fourth-order valence-corrected chi connectivity index (χ4v) is 2.79. The Labute approximate surface area is 122 Å². The van der Waals surface area contributed by atoms with E-state index in [9.17, 15) is 4.39 Å². The van der Waals surface area contributed by atoms with Gasteiger partial charge in [-0.3, -0.25) is 0 Å². The summed E-state index contributed by atoms with van der Waals surface area (Å²) in [7, 11) is 0. The molecule has 0 aliphatic heterocycles. The smallest absolute Gasteiger partial charge is 0.128 e. The van der Waals surface area contributed by atoms with E-state index < -0.39 is 6.04 Å². The summed E-state index contributed by atoms with van der Waals surface area (Å²) in [6, 6.07) is 7.83. The Balaban J connectivity index is 2.52. The van der Waals surface area contributed by atoms with Gasteiger partial charge in [0.2, 0.25) is 0 Å². The van der Waals surface area contributed by atoms with Crippen molar-refractivity contribution in [2.24, 2.45) is 5.73 Å². The van der Waals surface area contributed by atoms with E-state index >= 15 is 0 Å². The minimum atomic E-state index is -0.586. The zero-order valence-corrected chi connectivity index (χ0v) is 12.2. The number of nitrogens with two attached hydrogens (primary N) is 1. The molecule has 0 amide bonds. The van der Waals surface area contributed by atoms with E-state index in [1.165, 1.54) is 6.07 Å². The number of hydrogen-bond acceptors (Lipinski definition) is 1. The normalized spacial score (nSPS) is 12.5. The molecule has 2 N–H and O–H groups in total. The molecule has 4 heteroatoms. The van der Waals surface area contributed by atoms with Crippen LogP contribution in [0, 0.1) is 19.7 Å². The van der Waals surface area contributed by atoms with Crippen LogP contribution in [0.2, 0.25) is 10.0 Å². The van der Waals surface area contributed by atoms with Gasteiger partial charge in [-0.05, 0) is 54.8 Å². The van der Waals surface area contributed by atoms with Crippen molar-refractivity contribution in [1.82, 2.24) is 0 Å². The summed E-state index contributed by atoms with van der Waals surface area (Å²) in [5.74, 6) is -0.305. The molecule has 100 valence electrons. The zero-order valence-electron chi connectivity index (χ0n) is 10.7. The maximum atomic E-state index is 14.1. The van der Waals surface area contributed by atoms with Crippen LogP contribution < -0.4 is 5.73 Å². The predicted molar refractivity (Wildman–Crippen MR) is 78.4 cm³/mol. The molecule has 0 aliphatic rings. The number of rotatable bonds is 2. The van der Waals surface area contributed by atoms with E-state index in [2.05, 4.69) is 0 Å². The average Bonchev–Trinajstić information content (AvgIpc) is 2.25. The first-order valence-corrected chi connectivity index (χ1v) is 6.62. The molecule has 0 saturated carbocycles. The fraction of sp³-hybridized carbons (Fsp3) is 0.200. The largest absolute Gasteiger partial charge is 0.320 e. The molecule has 2 aromatic rings. The average molecular weight is 298 g/mol. The SMILES string of the molecule is Cc1cc(C)c(C(N)c2cc(Cl)cc(Cl)c2)c(F)c1. The molecule has 0 heterocycles. The maximum absolute atomic E-state index is 14.1. The first kappa shape index (κ1) is 14.3. The van der Waals surface area contributed by atoms with Gasteiger partial charge in [-0.2, -0.15) is 0 Å². The summed E-state index contributed by atoms with van der Waals surface area (Å²) in [5, 5.41) is 0.978. The molecule has 0 radical (unpaired) electrons. The highest BCUT2D eigenvalue weighted by Gasteiger charge is 2.17. The number of benzene rings is 2. The van der Waals surface area contributed by atoms with Crippen molar-refractivity contribution in [2.75, 3.05) is 0 Å². The van der Waals surface area contributed by atoms with Crippen LogP contribution in [0.1, 0.15) is 28.3 Å². The van der Waals surface area contributed by atoms with Crippen LogP contribution in [0.5, 0.6) is 0 Å². The molecule has 0 bridgehead atoms. The van der Waals surface area contributed by atoms with Gasteiger partial charge in [-0.1, -0.05) is 29.3 Å². The van der Waals surface area contributed by atoms with Crippen LogP contribution in [0.3, 0.4) is 0 Å². The molecule has 0 saturated heterocycles. The van der Waals surface area contributed by atoms with Crippen molar-refractivity contribution in [1.29, 1.82) is 0 Å². The molecule has 1 nitrogen and oxygen atoms in total. The fourth-order valence-electron chi connectivity index (χ4n) is 2.24. The molecule has 1 atom stereocenters. The van der Waals surface area contributed by atoms with Crippen LogP contribution in [0.25, 0.3) is 0 Å². The van der Waals surface area contributed by atoms with Gasteiger partial charge in [0.15, 0.2) is 0 Å². The lowest BCUT2D eigenvalue weighted by molar-refractivity contribution is 0.596. The molecular formula is C15H14Cl2FN. The summed E-state index contributed by atoms with van der Waals surface area (Å²) in [6.07, 6.45) is 0. The predicted octanol–water partition coefficient (Wildman–Crippen LogP) is 4.80. The first-order valence-electron chi connectivity index (χ1n) is 5.86. The third kappa shape index (κ3) is 3.08. The van der Waals surface area contributed by atoms with Gasteiger partial charge in [0.25, 0.3) is 0 Å². The van der Waals surface area contributed by atoms with Crippen molar-refractivity contribution in [3.8, 4) is 0 Å². The second-order valence-electron chi connectivity index (χ2n) is 4.66. The Morgan fingerprint density at radius 2 is 1.58 bits per heavy atom. The van der Waals surface area contributed by atoms with Crippen molar-refractivity contribution >= 4 is 23.2 Å². The number of halogens is 3. The van der Waals surface area contributed by atoms with Crippen LogP contribution in [0.4, 0.5) is 4.39 Å². The van der Waals surface area contributed by atoms with Gasteiger partial charge in [0.1, 0.15) is 5.82 Å². The zero-order chi connectivity index (χ0) is 14.2. The van der Waals surface area contributed by atoms with Gasteiger partial charge >= 0.3 is 0 Å². The van der Waals surface area contributed by atoms with E-state index in [-0.39, 0.29) is 5.82 Å². The minimum Gasteiger partial charge on any atom is -0.320 e. The summed E-state index contributed by atoms with van der Waals surface area (Å²) in [5.41, 5.74) is 9.01. The molecule has 2 aromatic carbocycles. The van der Waals surface area contributed by atoms with Gasteiger partial charge in [0, 0.05) is 15.6 Å². The molecule has 0 aromatic heterocycles. The lowest BCUT2D eigenvalue weighted by Gasteiger charge is -2.17.